The molecule has 1 saturated heterocycles. The largest absolute Gasteiger partial charge is 0.483 e. The van der Waals surface area contributed by atoms with E-state index in [9.17, 15) is 9.59 Å². The van der Waals surface area contributed by atoms with Crippen molar-refractivity contribution in [3.8, 4) is 5.75 Å². The lowest BCUT2D eigenvalue weighted by Crippen LogP contribution is -2.36. The molecule has 7 heteroatoms. The number of carbonyl (C=O) groups excluding carboxylic acids is 2. The first-order valence-electron chi connectivity index (χ1n) is 7.83. The second-order valence-electron chi connectivity index (χ2n) is 5.93. The molecule has 1 aromatic rings. The third-order valence-corrected chi connectivity index (χ3v) is 4.48. The summed E-state index contributed by atoms with van der Waals surface area (Å²) >= 11 is 5.91. The Morgan fingerprint density at radius 1 is 1.38 bits per heavy atom. The molecule has 0 radical (unpaired) electrons. The predicted octanol–water partition coefficient (Wildman–Crippen LogP) is 1.49. The van der Waals surface area contributed by atoms with Gasteiger partial charge in [0.1, 0.15) is 5.75 Å². The van der Waals surface area contributed by atoms with Gasteiger partial charge >= 0.3 is 0 Å². The Hall–Kier alpha value is -1.79. The highest BCUT2D eigenvalue weighted by Crippen LogP contribution is 2.25. The molecule has 2 amide bonds. The lowest BCUT2D eigenvalue weighted by molar-refractivity contribution is -0.132. The first-order chi connectivity index (χ1) is 11.5. The topological polar surface area (TPSA) is 67.9 Å². The maximum absolute atomic E-state index is 12.4. The fraction of sp³-hybridized carbons (Fsp3) is 0.529. The Morgan fingerprint density at radius 3 is 2.75 bits per heavy atom. The molecule has 0 aliphatic carbocycles. The molecule has 0 unspecified atom stereocenters. The van der Waals surface area contributed by atoms with Crippen LogP contribution in [0.15, 0.2) is 18.2 Å². The zero-order chi connectivity index (χ0) is 17.7. The van der Waals surface area contributed by atoms with E-state index in [0.29, 0.717) is 30.5 Å². The van der Waals surface area contributed by atoms with E-state index in [1.54, 1.807) is 37.3 Å². The van der Waals surface area contributed by atoms with Crippen molar-refractivity contribution < 1.29 is 19.1 Å². The molecule has 1 N–H and O–H groups in total. The van der Waals surface area contributed by atoms with Crippen LogP contribution in [0.2, 0.25) is 5.02 Å². The van der Waals surface area contributed by atoms with Crippen LogP contribution >= 0.6 is 11.6 Å². The number of nitrogens with one attached hydrogen (secondary N) is 1. The smallest absolute Gasteiger partial charge is 0.260 e. The molecule has 0 bridgehead atoms. The van der Waals surface area contributed by atoms with Gasteiger partial charge in [-0.05, 0) is 30.7 Å². The second kappa shape index (κ2) is 8.35. The van der Waals surface area contributed by atoms with Crippen LogP contribution in [0.5, 0.6) is 5.75 Å². The zero-order valence-electron chi connectivity index (χ0n) is 14.2. The Morgan fingerprint density at radius 2 is 2.12 bits per heavy atom. The van der Waals surface area contributed by atoms with Gasteiger partial charge in [0.05, 0.1) is 12.5 Å². The maximum Gasteiger partial charge on any atom is 0.260 e. The number of carbonyl (C=O) groups is 2. The molecule has 6 nitrogen and oxygen atoms in total. The molecule has 0 spiro atoms. The minimum absolute atomic E-state index is 0.00355. The van der Waals surface area contributed by atoms with Crippen molar-refractivity contribution in [1.29, 1.82) is 0 Å². The van der Waals surface area contributed by atoms with Crippen LogP contribution in [0.3, 0.4) is 0 Å². The van der Waals surface area contributed by atoms with Gasteiger partial charge in [-0.25, -0.2) is 0 Å². The quantitative estimate of drug-likeness (QED) is 0.840. The fourth-order valence-electron chi connectivity index (χ4n) is 2.95. The summed E-state index contributed by atoms with van der Waals surface area (Å²) in [6, 6.07) is 5.25. The van der Waals surface area contributed by atoms with Gasteiger partial charge in [-0.15, -0.1) is 0 Å². The number of methoxy groups -OCH3 is 1. The molecular weight excluding hydrogens is 332 g/mol. The zero-order valence-corrected chi connectivity index (χ0v) is 14.9. The molecule has 0 saturated carbocycles. The van der Waals surface area contributed by atoms with Gasteiger partial charge in [0.2, 0.25) is 5.91 Å². The molecule has 2 rings (SSSR count). The predicted molar refractivity (Wildman–Crippen MR) is 91.2 cm³/mol. The number of halogens is 1. The van der Waals surface area contributed by atoms with Gasteiger partial charge in [0.25, 0.3) is 5.91 Å². The molecule has 1 aliphatic heterocycles. The summed E-state index contributed by atoms with van der Waals surface area (Å²) in [4.78, 5) is 26.0. The van der Waals surface area contributed by atoms with Gasteiger partial charge in [-0.2, -0.15) is 0 Å². The standard InChI is InChI=1S/C17H23ClN2O4/c1-11-6-13(18)4-5-15(11)24-10-16(21)20-7-12(9-23-3)14(8-20)17(22)19-2/h4-6,12,14H,7-10H2,1-3H3,(H,19,22)/t12-,14+/m0/s1. The highest BCUT2D eigenvalue weighted by Gasteiger charge is 2.39. The minimum atomic E-state index is -0.254. The van der Waals surface area contributed by atoms with Crippen molar-refractivity contribution in [3.05, 3.63) is 28.8 Å². The first-order valence-corrected chi connectivity index (χ1v) is 8.21. The molecule has 1 fully saturated rings. The lowest BCUT2D eigenvalue weighted by Gasteiger charge is -2.17. The fourth-order valence-corrected chi connectivity index (χ4v) is 3.17. The molecule has 1 aliphatic rings. The second-order valence-corrected chi connectivity index (χ2v) is 6.37. The molecule has 24 heavy (non-hydrogen) atoms. The van der Waals surface area contributed by atoms with Crippen LogP contribution in [-0.2, 0) is 14.3 Å². The van der Waals surface area contributed by atoms with Gasteiger partial charge in [-0.3, -0.25) is 9.59 Å². The third kappa shape index (κ3) is 4.39. The van der Waals surface area contributed by atoms with Gasteiger partial charge in [0.15, 0.2) is 6.61 Å². The molecule has 0 aromatic heterocycles. The number of likely N-dealkylation sites (tertiary alicyclic amines) is 1. The van der Waals surface area contributed by atoms with Crippen LogP contribution < -0.4 is 10.1 Å². The Balaban J connectivity index is 1.96. The summed E-state index contributed by atoms with van der Waals surface area (Å²) in [7, 11) is 3.20. The number of amides is 2. The van der Waals surface area contributed by atoms with Crippen LogP contribution in [0.4, 0.5) is 0 Å². The van der Waals surface area contributed by atoms with Crippen molar-refractivity contribution in [2.75, 3.05) is 40.5 Å². The SMILES string of the molecule is CNC(=O)[C@@H]1CN(C(=O)COc2ccc(Cl)cc2C)C[C@H]1COC. The number of hydrogen-bond donors (Lipinski definition) is 1. The molecule has 1 heterocycles. The summed E-state index contributed by atoms with van der Waals surface area (Å²) in [6.45, 7) is 3.13. The number of ether oxygens (including phenoxy) is 2. The average molecular weight is 355 g/mol. The highest BCUT2D eigenvalue weighted by molar-refractivity contribution is 6.30. The normalized spacial score (nSPS) is 20.1. The summed E-state index contributed by atoms with van der Waals surface area (Å²) in [6.07, 6.45) is 0. The summed E-state index contributed by atoms with van der Waals surface area (Å²) in [5, 5.41) is 3.28. The van der Waals surface area contributed by atoms with E-state index >= 15 is 0 Å². The number of nitrogens with zero attached hydrogens (tertiary/aromatic N) is 1. The Kier molecular flexibility index (Phi) is 6.45. The van der Waals surface area contributed by atoms with Crippen molar-refractivity contribution in [1.82, 2.24) is 10.2 Å². The van der Waals surface area contributed by atoms with Crippen LogP contribution in [-0.4, -0.2) is 57.2 Å². The maximum atomic E-state index is 12.4. The van der Waals surface area contributed by atoms with Crippen molar-refractivity contribution in [3.63, 3.8) is 0 Å². The number of aryl methyl sites for hydroxylation is 1. The summed E-state index contributed by atoms with van der Waals surface area (Å²) in [5.74, 6) is 0.161. The van der Waals surface area contributed by atoms with Crippen molar-refractivity contribution in [2.45, 2.75) is 6.92 Å². The number of rotatable bonds is 6. The number of benzene rings is 1. The van der Waals surface area contributed by atoms with Gasteiger partial charge < -0.3 is 19.7 Å². The minimum Gasteiger partial charge on any atom is -0.483 e. The van der Waals surface area contributed by atoms with E-state index in [0.717, 1.165) is 5.56 Å². The number of hydrogen-bond acceptors (Lipinski definition) is 4. The van der Waals surface area contributed by atoms with Crippen LogP contribution in [0.25, 0.3) is 0 Å². The molecular formula is C17H23ClN2O4. The van der Waals surface area contributed by atoms with E-state index in [2.05, 4.69) is 5.32 Å². The van der Waals surface area contributed by atoms with E-state index < -0.39 is 0 Å². The van der Waals surface area contributed by atoms with Crippen molar-refractivity contribution in [2.24, 2.45) is 11.8 Å². The van der Waals surface area contributed by atoms with Crippen LogP contribution in [0, 0.1) is 18.8 Å². The summed E-state index contributed by atoms with van der Waals surface area (Å²) < 4.78 is 10.8. The molecule has 132 valence electrons. The Bertz CT molecular complexity index is 608. The first kappa shape index (κ1) is 18.5. The Labute approximate surface area is 147 Å². The van der Waals surface area contributed by atoms with Gasteiger partial charge in [0, 0.05) is 38.2 Å². The molecule has 2 atom stereocenters. The van der Waals surface area contributed by atoms with E-state index in [-0.39, 0.29) is 30.3 Å². The monoisotopic (exact) mass is 354 g/mol. The van der Waals surface area contributed by atoms with E-state index in [4.69, 9.17) is 21.1 Å². The lowest BCUT2D eigenvalue weighted by atomic mass is 9.96. The highest BCUT2D eigenvalue weighted by atomic mass is 35.5. The molecule has 1 aromatic carbocycles. The third-order valence-electron chi connectivity index (χ3n) is 4.25. The van der Waals surface area contributed by atoms with Crippen LogP contribution in [0.1, 0.15) is 5.56 Å². The average Bonchev–Trinajstić information content (AvgIpc) is 2.97. The van der Waals surface area contributed by atoms with Gasteiger partial charge in [-0.1, -0.05) is 11.6 Å². The van der Waals surface area contributed by atoms with E-state index in [1.165, 1.54) is 0 Å². The van der Waals surface area contributed by atoms with E-state index in [1.807, 2.05) is 6.92 Å². The van der Waals surface area contributed by atoms with Crippen molar-refractivity contribution >= 4 is 23.4 Å². The summed E-state index contributed by atoms with van der Waals surface area (Å²) in [5.41, 5.74) is 0.872.